The van der Waals surface area contributed by atoms with E-state index in [2.05, 4.69) is 37.5 Å². The molecule has 11 heteroatoms. The molecule has 0 radical (unpaired) electrons. The molecule has 1 aromatic carbocycles. The maximum atomic E-state index is 14.7. The molecule has 0 bridgehead atoms. The van der Waals surface area contributed by atoms with Gasteiger partial charge >= 0.3 is 0 Å². The van der Waals surface area contributed by atoms with Crippen molar-refractivity contribution in [3.63, 3.8) is 0 Å². The number of hydrogen-bond acceptors (Lipinski definition) is 5. The number of fused-ring (bicyclic) bond motifs is 1. The van der Waals surface area contributed by atoms with Crippen LogP contribution in [0.5, 0.6) is 0 Å². The Labute approximate surface area is 199 Å². The number of aliphatic imine (C=N–C) groups is 2. The highest BCUT2D eigenvalue weighted by atomic mass is 19.1. The van der Waals surface area contributed by atoms with Crippen molar-refractivity contribution in [2.75, 3.05) is 0 Å². The number of benzene rings is 1. The molecule has 2 atom stereocenters. The van der Waals surface area contributed by atoms with Gasteiger partial charge in [-0.3, -0.25) is 14.8 Å². The smallest absolute Gasteiger partial charge is 0.290 e. The predicted molar refractivity (Wildman–Crippen MR) is 126 cm³/mol. The average molecular weight is 486 g/mol. The molecule has 2 heterocycles. The Bertz CT molecular complexity index is 1300. The zero-order valence-electron chi connectivity index (χ0n) is 19.1. The third-order valence-corrected chi connectivity index (χ3v) is 5.83. The highest BCUT2D eigenvalue weighted by molar-refractivity contribution is 5.96. The van der Waals surface area contributed by atoms with Crippen molar-refractivity contribution in [1.29, 1.82) is 0 Å². The highest BCUT2D eigenvalue weighted by Gasteiger charge is 2.26. The summed E-state index contributed by atoms with van der Waals surface area (Å²) in [6.45, 7) is 4.98. The van der Waals surface area contributed by atoms with Crippen LogP contribution in [0.15, 0.2) is 50.9 Å². The van der Waals surface area contributed by atoms with E-state index in [0.29, 0.717) is 23.1 Å². The van der Waals surface area contributed by atoms with E-state index in [1.54, 1.807) is 13.0 Å². The second-order valence-electron chi connectivity index (χ2n) is 8.46. The number of amidine groups is 1. The number of H-pyrrole nitrogens is 1. The molecule has 0 spiro atoms. The third-order valence-electron chi connectivity index (χ3n) is 5.83. The van der Waals surface area contributed by atoms with Gasteiger partial charge in [0.1, 0.15) is 11.6 Å². The normalized spacial score (nSPS) is 19.1. The van der Waals surface area contributed by atoms with Crippen molar-refractivity contribution in [3.8, 4) is 0 Å². The van der Waals surface area contributed by atoms with Gasteiger partial charge in [-0.1, -0.05) is 5.16 Å². The minimum Gasteiger partial charge on any atom is -0.365 e. The van der Waals surface area contributed by atoms with Crippen LogP contribution in [-0.2, 0) is 6.54 Å². The van der Waals surface area contributed by atoms with Crippen LogP contribution in [0, 0.1) is 18.6 Å². The summed E-state index contributed by atoms with van der Waals surface area (Å²) in [7, 11) is 0. The van der Waals surface area contributed by atoms with E-state index >= 15 is 0 Å². The van der Waals surface area contributed by atoms with Crippen LogP contribution >= 0.6 is 0 Å². The Morgan fingerprint density at radius 2 is 2.06 bits per heavy atom. The van der Waals surface area contributed by atoms with E-state index in [9.17, 15) is 18.0 Å². The monoisotopic (exact) mass is 486 g/mol. The number of carbonyl (C=O) groups excluding carboxylic acids is 1. The first-order valence-corrected chi connectivity index (χ1v) is 11.2. The molecule has 184 valence electrons. The van der Waals surface area contributed by atoms with Gasteiger partial charge in [0.25, 0.3) is 5.91 Å². The lowest BCUT2D eigenvalue weighted by Gasteiger charge is -2.30. The number of carbonyl (C=O) groups is 1. The zero-order valence-corrected chi connectivity index (χ0v) is 19.1. The zero-order chi connectivity index (χ0) is 24.9. The van der Waals surface area contributed by atoms with Gasteiger partial charge < -0.3 is 20.1 Å². The lowest BCUT2D eigenvalue weighted by Crippen LogP contribution is -2.46. The summed E-state index contributed by atoms with van der Waals surface area (Å²) >= 11 is 0. The maximum absolute atomic E-state index is 14.7. The predicted octanol–water partition coefficient (Wildman–Crippen LogP) is 4.48. The molecule has 1 saturated carbocycles. The molecule has 1 fully saturated rings. The molecule has 1 amide bonds. The van der Waals surface area contributed by atoms with Crippen LogP contribution in [-0.4, -0.2) is 40.7 Å². The number of hydrogen-bond donors (Lipinski definition) is 3. The maximum Gasteiger partial charge on any atom is 0.290 e. The number of nitrogens with zero attached hydrogens (tertiary/aromatic N) is 3. The van der Waals surface area contributed by atoms with Crippen molar-refractivity contribution < 1.29 is 22.5 Å². The van der Waals surface area contributed by atoms with Crippen LogP contribution < -0.4 is 10.6 Å². The van der Waals surface area contributed by atoms with E-state index in [1.807, 2.05) is 0 Å². The summed E-state index contributed by atoms with van der Waals surface area (Å²) in [4.78, 5) is 23.0. The fourth-order valence-electron chi connectivity index (χ4n) is 4.21. The third kappa shape index (κ3) is 5.79. The van der Waals surface area contributed by atoms with Gasteiger partial charge in [0, 0.05) is 35.8 Å². The van der Waals surface area contributed by atoms with Gasteiger partial charge in [0.2, 0.25) is 5.76 Å². The Kier molecular flexibility index (Phi) is 7.33. The van der Waals surface area contributed by atoms with E-state index in [1.165, 1.54) is 12.3 Å². The van der Waals surface area contributed by atoms with E-state index in [-0.39, 0.29) is 41.6 Å². The fraction of sp³-hybridized carbons (Fsp3) is 0.333. The number of aromatic nitrogens is 2. The second-order valence-corrected chi connectivity index (χ2v) is 8.46. The molecule has 4 rings (SSSR count). The summed E-state index contributed by atoms with van der Waals surface area (Å²) in [5.41, 5.74) is 1.27. The first kappa shape index (κ1) is 24.2. The molecule has 0 unspecified atom stereocenters. The molecule has 1 aliphatic carbocycles. The first-order valence-electron chi connectivity index (χ1n) is 11.2. The molecule has 1 aliphatic rings. The molecule has 3 aromatic rings. The highest BCUT2D eigenvalue weighted by Crippen LogP contribution is 2.24. The van der Waals surface area contributed by atoms with Gasteiger partial charge in [-0.15, -0.1) is 0 Å². The molecular weight excluding hydrogens is 461 g/mol. The Hall–Kier alpha value is -3.89. The summed E-state index contributed by atoms with van der Waals surface area (Å²) in [6, 6.07) is 3.23. The molecule has 2 aromatic heterocycles. The molecule has 35 heavy (non-hydrogen) atoms. The van der Waals surface area contributed by atoms with Gasteiger partial charge in [-0.25, -0.2) is 13.2 Å². The Morgan fingerprint density at radius 3 is 2.77 bits per heavy atom. The molecule has 0 saturated heterocycles. The summed E-state index contributed by atoms with van der Waals surface area (Å²) < 4.78 is 47.4. The summed E-state index contributed by atoms with van der Waals surface area (Å²) in [5.74, 6) is -2.42. The van der Waals surface area contributed by atoms with Crippen LogP contribution in [0.25, 0.3) is 10.9 Å². The molecule has 0 aliphatic heterocycles. The lowest BCUT2D eigenvalue weighted by molar-refractivity contribution is 0.0887. The van der Waals surface area contributed by atoms with Crippen LogP contribution in [0.3, 0.4) is 0 Å². The molecule has 3 N–H and O–H groups in total. The summed E-state index contributed by atoms with van der Waals surface area (Å²) in [5, 5.41) is 10.1. The van der Waals surface area contributed by atoms with Gasteiger partial charge in [-0.2, -0.15) is 0 Å². The van der Waals surface area contributed by atoms with E-state index in [4.69, 9.17) is 4.52 Å². The van der Waals surface area contributed by atoms with Crippen molar-refractivity contribution in [1.82, 2.24) is 20.8 Å². The number of amides is 1. The van der Waals surface area contributed by atoms with E-state index in [0.717, 1.165) is 31.5 Å². The largest absolute Gasteiger partial charge is 0.365 e. The molecule has 8 nitrogen and oxygen atoms in total. The Morgan fingerprint density at radius 1 is 1.29 bits per heavy atom. The number of aromatic amines is 1. The van der Waals surface area contributed by atoms with Gasteiger partial charge in [-0.05, 0) is 51.0 Å². The van der Waals surface area contributed by atoms with Crippen molar-refractivity contribution in [3.05, 3.63) is 65.1 Å². The average Bonchev–Trinajstić information content (AvgIpc) is 3.43. The second kappa shape index (κ2) is 10.6. The van der Waals surface area contributed by atoms with Crippen LogP contribution in [0.2, 0.25) is 0 Å². The first-order chi connectivity index (χ1) is 16.8. The van der Waals surface area contributed by atoms with Crippen molar-refractivity contribution in [2.24, 2.45) is 9.98 Å². The minimum atomic E-state index is -0.722. The standard InChI is InChI=1S/C24H25F3N6O2/c1-13-6-21(35-33-13)24(34)32-17-5-3-4-16(9-17)31-23(20(27)12-28-2)30-11-14-10-29-22-18(14)7-15(25)8-19(22)26/h6-8,10,12,16-17,29H,2-5,9,11H2,1H3,(H,30,31)(H,32,34)/b20-12+/t16-,17+/m0/s1. The number of aryl methyl sites for hydroxylation is 1. The van der Waals surface area contributed by atoms with E-state index < -0.39 is 17.5 Å². The fourth-order valence-corrected chi connectivity index (χ4v) is 4.21. The van der Waals surface area contributed by atoms with Crippen molar-refractivity contribution in [2.45, 2.75) is 51.2 Å². The van der Waals surface area contributed by atoms with Gasteiger partial charge in [0.05, 0.1) is 24.0 Å². The van der Waals surface area contributed by atoms with Crippen LogP contribution in [0.4, 0.5) is 13.2 Å². The minimum absolute atomic E-state index is 0.0264. The number of rotatable bonds is 7. The van der Waals surface area contributed by atoms with Crippen molar-refractivity contribution >= 4 is 29.4 Å². The van der Waals surface area contributed by atoms with Gasteiger partial charge in [0.15, 0.2) is 11.7 Å². The number of halogens is 3. The summed E-state index contributed by atoms with van der Waals surface area (Å²) in [6.07, 6.45) is 5.30. The van der Waals surface area contributed by atoms with Crippen LogP contribution in [0.1, 0.15) is 47.5 Å². The Balaban J connectivity index is 1.47. The molecular formula is C24H25F3N6O2. The number of nitrogens with one attached hydrogen (secondary N) is 3. The topological polar surface area (TPSA) is 108 Å². The quantitative estimate of drug-likeness (QED) is 0.338. The lowest BCUT2D eigenvalue weighted by atomic mass is 9.90. The SMILES string of the molecule is C=N/C=C(/F)C(=NCc1c[nH]c2c(F)cc(F)cc12)N[C@H]1CCC[C@@H](NC(=O)c2cc(C)no2)C1.